The number of hydrogen-bond acceptors (Lipinski definition) is 1. The fraction of sp³-hybridized carbons (Fsp3) is 0.667. The zero-order valence-electron chi connectivity index (χ0n) is 5.61. The first-order chi connectivity index (χ1) is 3.66. The minimum atomic E-state index is 0.845. The van der Waals surface area contributed by atoms with Crippen LogP contribution in [0.15, 0.2) is 11.1 Å². The van der Waals surface area contributed by atoms with Crippen LogP contribution in [0, 0.1) is 0 Å². The van der Waals surface area contributed by atoms with E-state index >= 15 is 0 Å². The molecule has 0 atom stereocenters. The molecular weight excluding hydrogens is 122 g/mol. The van der Waals surface area contributed by atoms with Gasteiger partial charge in [-0.2, -0.15) is 0 Å². The molecular formula is C6H12ClN. The number of rotatable bonds is 2. The lowest BCUT2D eigenvalue weighted by Gasteiger charge is -2.06. The van der Waals surface area contributed by atoms with E-state index in [-0.39, 0.29) is 0 Å². The summed E-state index contributed by atoms with van der Waals surface area (Å²) in [6, 6.07) is 0. The number of likely N-dealkylation sites (N-methyl/N-ethyl adjacent to an activating group) is 1. The third-order valence-electron chi connectivity index (χ3n) is 0.781. The number of halogens is 1. The van der Waals surface area contributed by atoms with E-state index in [1.54, 1.807) is 0 Å². The Kier molecular flexibility index (Phi) is 3.92. The highest BCUT2D eigenvalue weighted by Crippen LogP contribution is 1.99. The van der Waals surface area contributed by atoms with Crippen molar-refractivity contribution in [2.45, 2.75) is 6.92 Å². The van der Waals surface area contributed by atoms with Crippen LogP contribution in [0.4, 0.5) is 0 Å². The van der Waals surface area contributed by atoms with Crippen LogP contribution in [0.25, 0.3) is 0 Å². The summed E-state index contributed by atoms with van der Waals surface area (Å²) in [5.74, 6) is 0. The van der Waals surface area contributed by atoms with Gasteiger partial charge >= 0.3 is 0 Å². The molecule has 1 nitrogen and oxygen atoms in total. The molecule has 0 radical (unpaired) electrons. The average Bonchev–Trinajstić information content (AvgIpc) is 1.65. The maximum Gasteiger partial charge on any atom is 0.0332 e. The second-order valence-electron chi connectivity index (χ2n) is 1.97. The standard InChI is InChI=1S/C6H12ClN/c1-4-6(7)5-8(2)3/h4H,5H2,1-3H3/b6-4-. The minimum absolute atomic E-state index is 0.845. The van der Waals surface area contributed by atoms with Crippen LogP contribution in [-0.4, -0.2) is 25.5 Å². The van der Waals surface area contributed by atoms with E-state index in [0.717, 1.165) is 11.6 Å². The zero-order valence-corrected chi connectivity index (χ0v) is 6.37. The van der Waals surface area contributed by atoms with Gasteiger partial charge in [-0.25, -0.2) is 0 Å². The van der Waals surface area contributed by atoms with Crippen LogP contribution in [-0.2, 0) is 0 Å². The summed E-state index contributed by atoms with van der Waals surface area (Å²) in [5, 5.41) is 0.898. The Morgan fingerprint density at radius 2 is 2.12 bits per heavy atom. The zero-order chi connectivity index (χ0) is 6.57. The van der Waals surface area contributed by atoms with Crippen molar-refractivity contribution in [2.75, 3.05) is 20.6 Å². The maximum atomic E-state index is 5.68. The van der Waals surface area contributed by atoms with E-state index in [0.29, 0.717) is 0 Å². The van der Waals surface area contributed by atoms with E-state index in [4.69, 9.17) is 11.6 Å². The van der Waals surface area contributed by atoms with E-state index in [9.17, 15) is 0 Å². The number of nitrogens with zero attached hydrogens (tertiary/aromatic N) is 1. The summed E-state index contributed by atoms with van der Waals surface area (Å²) < 4.78 is 0. The monoisotopic (exact) mass is 133 g/mol. The highest BCUT2D eigenvalue weighted by Gasteiger charge is 1.90. The molecule has 0 aromatic heterocycles. The van der Waals surface area contributed by atoms with Crippen LogP contribution in [0.2, 0.25) is 0 Å². The summed E-state index contributed by atoms with van der Waals surface area (Å²) in [7, 11) is 3.98. The lowest BCUT2D eigenvalue weighted by atomic mass is 10.5. The molecule has 0 bridgehead atoms. The SMILES string of the molecule is C/C=C(\Cl)CN(C)C. The second kappa shape index (κ2) is 3.93. The fourth-order valence-corrected chi connectivity index (χ4v) is 0.632. The first kappa shape index (κ1) is 7.99. The fourth-order valence-electron chi connectivity index (χ4n) is 0.393. The van der Waals surface area contributed by atoms with Crippen molar-refractivity contribution in [3.63, 3.8) is 0 Å². The quantitative estimate of drug-likeness (QED) is 0.554. The Morgan fingerprint density at radius 3 is 2.25 bits per heavy atom. The maximum absolute atomic E-state index is 5.68. The van der Waals surface area contributed by atoms with Crippen molar-refractivity contribution in [2.24, 2.45) is 0 Å². The average molecular weight is 134 g/mol. The molecule has 0 aliphatic rings. The summed E-state index contributed by atoms with van der Waals surface area (Å²) in [6.07, 6.45) is 1.90. The molecule has 0 amide bonds. The predicted octanol–water partition coefficient (Wildman–Crippen LogP) is 1.69. The summed E-state index contributed by atoms with van der Waals surface area (Å²) in [4.78, 5) is 2.03. The molecule has 0 spiro atoms. The molecule has 0 aliphatic carbocycles. The van der Waals surface area contributed by atoms with Gasteiger partial charge in [0.25, 0.3) is 0 Å². The Hall–Kier alpha value is -0.0100. The van der Waals surface area contributed by atoms with Crippen LogP contribution in [0.5, 0.6) is 0 Å². The lowest BCUT2D eigenvalue weighted by Crippen LogP contribution is -2.12. The Morgan fingerprint density at radius 1 is 1.62 bits per heavy atom. The smallest absolute Gasteiger partial charge is 0.0332 e. The summed E-state index contributed by atoms with van der Waals surface area (Å²) in [5.41, 5.74) is 0. The molecule has 0 aromatic rings. The Labute approximate surface area is 55.9 Å². The van der Waals surface area contributed by atoms with Gasteiger partial charge in [0.1, 0.15) is 0 Å². The molecule has 0 aliphatic heterocycles. The number of allylic oxidation sites excluding steroid dienone is 1. The molecule has 2 heteroatoms. The first-order valence-corrected chi connectivity index (χ1v) is 3.00. The third kappa shape index (κ3) is 4.16. The van der Waals surface area contributed by atoms with Crippen molar-refractivity contribution in [3.8, 4) is 0 Å². The van der Waals surface area contributed by atoms with Gasteiger partial charge in [0.15, 0.2) is 0 Å². The molecule has 0 rings (SSSR count). The Bertz CT molecular complexity index is 86.5. The van der Waals surface area contributed by atoms with Gasteiger partial charge in [0, 0.05) is 11.6 Å². The summed E-state index contributed by atoms with van der Waals surface area (Å²) >= 11 is 5.68. The highest BCUT2D eigenvalue weighted by molar-refractivity contribution is 6.29. The molecule has 0 saturated heterocycles. The molecule has 8 heavy (non-hydrogen) atoms. The van der Waals surface area contributed by atoms with Crippen molar-refractivity contribution >= 4 is 11.6 Å². The van der Waals surface area contributed by atoms with Crippen LogP contribution in [0.3, 0.4) is 0 Å². The van der Waals surface area contributed by atoms with Crippen LogP contribution >= 0.6 is 11.6 Å². The van der Waals surface area contributed by atoms with Gasteiger partial charge in [0.2, 0.25) is 0 Å². The van der Waals surface area contributed by atoms with E-state index in [1.807, 2.05) is 32.0 Å². The van der Waals surface area contributed by atoms with E-state index < -0.39 is 0 Å². The molecule has 0 saturated carbocycles. The normalized spacial score (nSPS) is 12.9. The molecule has 48 valence electrons. The van der Waals surface area contributed by atoms with E-state index in [1.165, 1.54) is 0 Å². The van der Waals surface area contributed by atoms with Gasteiger partial charge in [-0.05, 0) is 21.0 Å². The van der Waals surface area contributed by atoms with Crippen molar-refractivity contribution in [3.05, 3.63) is 11.1 Å². The van der Waals surface area contributed by atoms with Crippen molar-refractivity contribution < 1.29 is 0 Å². The van der Waals surface area contributed by atoms with Gasteiger partial charge in [-0.3, -0.25) is 0 Å². The van der Waals surface area contributed by atoms with Crippen LogP contribution < -0.4 is 0 Å². The van der Waals surface area contributed by atoms with Crippen molar-refractivity contribution in [1.82, 2.24) is 4.90 Å². The van der Waals surface area contributed by atoms with Gasteiger partial charge in [-0.1, -0.05) is 17.7 Å². The topological polar surface area (TPSA) is 3.24 Å². The number of hydrogen-bond donors (Lipinski definition) is 0. The van der Waals surface area contributed by atoms with Crippen molar-refractivity contribution in [1.29, 1.82) is 0 Å². The van der Waals surface area contributed by atoms with Gasteiger partial charge in [-0.15, -0.1) is 0 Å². The molecule has 0 aromatic carbocycles. The highest BCUT2D eigenvalue weighted by atomic mass is 35.5. The first-order valence-electron chi connectivity index (χ1n) is 2.62. The largest absolute Gasteiger partial charge is 0.304 e. The predicted molar refractivity (Wildman–Crippen MR) is 38.2 cm³/mol. The lowest BCUT2D eigenvalue weighted by molar-refractivity contribution is 0.452. The summed E-state index contributed by atoms with van der Waals surface area (Å²) in [6.45, 7) is 2.78. The Balaban J connectivity index is 3.39. The molecule has 0 fully saturated rings. The van der Waals surface area contributed by atoms with Gasteiger partial charge in [0.05, 0.1) is 0 Å². The van der Waals surface area contributed by atoms with Gasteiger partial charge < -0.3 is 4.90 Å². The third-order valence-corrected chi connectivity index (χ3v) is 1.12. The second-order valence-corrected chi connectivity index (χ2v) is 2.46. The molecule has 0 heterocycles. The van der Waals surface area contributed by atoms with Crippen LogP contribution in [0.1, 0.15) is 6.92 Å². The molecule has 0 unspecified atom stereocenters. The minimum Gasteiger partial charge on any atom is -0.304 e. The molecule has 0 N–H and O–H groups in total. The van der Waals surface area contributed by atoms with E-state index in [2.05, 4.69) is 0 Å².